The molecule has 0 radical (unpaired) electrons. The summed E-state index contributed by atoms with van der Waals surface area (Å²) in [5, 5.41) is 0. The molecular weight excluding hydrogens is 202 g/mol. The highest BCUT2D eigenvalue weighted by Gasteiger charge is 2.22. The lowest BCUT2D eigenvalue weighted by Gasteiger charge is -2.26. The summed E-state index contributed by atoms with van der Waals surface area (Å²) in [5.74, 6) is 1.33. The highest BCUT2D eigenvalue weighted by molar-refractivity contribution is 5.70. The molecule has 1 aromatic heterocycles. The van der Waals surface area contributed by atoms with Crippen molar-refractivity contribution >= 4 is 6.29 Å². The van der Waals surface area contributed by atoms with Crippen molar-refractivity contribution in [3.8, 4) is 0 Å². The normalized spacial score (nSPS) is 17.1. The summed E-state index contributed by atoms with van der Waals surface area (Å²) in [4.78, 5) is 13.0. The average Bonchev–Trinajstić information content (AvgIpc) is 2.96. The third-order valence-electron chi connectivity index (χ3n) is 3.40. The maximum Gasteiger partial charge on any atom is 0.185 e. The van der Waals surface area contributed by atoms with E-state index in [0.29, 0.717) is 11.8 Å². The number of carbonyl (C=O) groups is 1. The van der Waals surface area contributed by atoms with Crippen LogP contribution < -0.4 is 0 Å². The third-order valence-corrected chi connectivity index (χ3v) is 3.40. The number of rotatable bonds is 5. The van der Waals surface area contributed by atoms with Gasteiger partial charge in [-0.1, -0.05) is 19.8 Å². The molecule has 1 aliphatic rings. The molecular formula is C13H19NO2. The van der Waals surface area contributed by atoms with Crippen molar-refractivity contribution in [2.45, 2.75) is 45.2 Å². The lowest BCUT2D eigenvalue weighted by atomic mass is 10.2. The average molecular weight is 221 g/mol. The summed E-state index contributed by atoms with van der Waals surface area (Å²) < 4.78 is 5.41. The minimum absolute atomic E-state index is 0.428. The van der Waals surface area contributed by atoms with Gasteiger partial charge in [0.25, 0.3) is 0 Å². The second-order valence-electron chi connectivity index (χ2n) is 4.42. The molecule has 0 aliphatic heterocycles. The topological polar surface area (TPSA) is 33.5 Å². The van der Waals surface area contributed by atoms with Gasteiger partial charge in [0.1, 0.15) is 5.76 Å². The van der Waals surface area contributed by atoms with Crippen molar-refractivity contribution < 1.29 is 9.21 Å². The first-order valence-corrected chi connectivity index (χ1v) is 6.11. The van der Waals surface area contributed by atoms with E-state index in [9.17, 15) is 4.79 Å². The third kappa shape index (κ3) is 2.53. The molecule has 1 heterocycles. The highest BCUT2D eigenvalue weighted by atomic mass is 16.3. The van der Waals surface area contributed by atoms with Crippen molar-refractivity contribution in [2.24, 2.45) is 0 Å². The molecule has 1 saturated carbocycles. The second kappa shape index (κ2) is 5.30. The minimum atomic E-state index is 0.428. The molecule has 0 unspecified atom stereocenters. The maximum atomic E-state index is 10.5. The number of aldehydes is 1. The fourth-order valence-corrected chi connectivity index (χ4v) is 2.51. The van der Waals surface area contributed by atoms with E-state index >= 15 is 0 Å². The highest BCUT2D eigenvalue weighted by Crippen LogP contribution is 2.24. The molecule has 0 N–H and O–H groups in total. The zero-order valence-electron chi connectivity index (χ0n) is 9.82. The quantitative estimate of drug-likeness (QED) is 0.717. The van der Waals surface area contributed by atoms with Gasteiger partial charge < -0.3 is 4.42 Å². The zero-order valence-corrected chi connectivity index (χ0v) is 9.82. The van der Waals surface area contributed by atoms with Crippen molar-refractivity contribution in [3.63, 3.8) is 0 Å². The number of carbonyl (C=O) groups excluding carboxylic acids is 1. The van der Waals surface area contributed by atoms with E-state index in [1.165, 1.54) is 25.7 Å². The molecule has 16 heavy (non-hydrogen) atoms. The van der Waals surface area contributed by atoms with E-state index in [4.69, 9.17) is 4.42 Å². The number of hydrogen-bond acceptors (Lipinski definition) is 3. The van der Waals surface area contributed by atoms with E-state index in [-0.39, 0.29) is 0 Å². The van der Waals surface area contributed by atoms with E-state index in [1.54, 1.807) is 6.07 Å². The summed E-state index contributed by atoms with van der Waals surface area (Å²) in [7, 11) is 0. The van der Waals surface area contributed by atoms with Crippen LogP contribution in [-0.2, 0) is 6.54 Å². The van der Waals surface area contributed by atoms with Crippen molar-refractivity contribution in [2.75, 3.05) is 6.54 Å². The van der Waals surface area contributed by atoms with Crippen LogP contribution in [0.2, 0.25) is 0 Å². The standard InChI is InChI=1S/C13H19NO2/c1-2-14(11-5-3-4-6-11)9-12-7-8-13(10-15)16-12/h7-8,10-11H,2-6,9H2,1H3. The van der Waals surface area contributed by atoms with Gasteiger partial charge in [-0.3, -0.25) is 9.69 Å². The van der Waals surface area contributed by atoms with Crippen molar-refractivity contribution in [3.05, 3.63) is 23.7 Å². The Kier molecular flexibility index (Phi) is 3.78. The predicted octanol–water partition coefficient (Wildman–Crippen LogP) is 2.86. The Balaban J connectivity index is 1.97. The van der Waals surface area contributed by atoms with E-state index < -0.39 is 0 Å². The second-order valence-corrected chi connectivity index (χ2v) is 4.42. The van der Waals surface area contributed by atoms with E-state index in [2.05, 4.69) is 11.8 Å². The lowest BCUT2D eigenvalue weighted by Crippen LogP contribution is -2.32. The van der Waals surface area contributed by atoms with E-state index in [0.717, 1.165) is 25.1 Å². The maximum absolute atomic E-state index is 10.5. The fourth-order valence-electron chi connectivity index (χ4n) is 2.51. The molecule has 0 bridgehead atoms. The van der Waals surface area contributed by atoms with Gasteiger partial charge in [-0.2, -0.15) is 0 Å². The number of furan rings is 1. The molecule has 2 rings (SSSR count). The predicted molar refractivity (Wildman–Crippen MR) is 62.4 cm³/mol. The molecule has 1 aromatic rings. The summed E-state index contributed by atoms with van der Waals surface area (Å²) in [6.07, 6.45) is 6.05. The Labute approximate surface area is 96.4 Å². The van der Waals surface area contributed by atoms with Gasteiger partial charge in [-0.15, -0.1) is 0 Å². The summed E-state index contributed by atoms with van der Waals surface area (Å²) >= 11 is 0. The van der Waals surface area contributed by atoms with Gasteiger partial charge in [0.2, 0.25) is 0 Å². The van der Waals surface area contributed by atoms with Crippen molar-refractivity contribution in [1.29, 1.82) is 0 Å². The molecule has 88 valence electrons. The number of hydrogen-bond donors (Lipinski definition) is 0. The van der Waals surface area contributed by atoms with Gasteiger partial charge in [-0.25, -0.2) is 0 Å². The summed E-state index contributed by atoms with van der Waals surface area (Å²) in [6, 6.07) is 4.35. The monoisotopic (exact) mass is 221 g/mol. The van der Waals surface area contributed by atoms with Crippen LogP contribution in [0.25, 0.3) is 0 Å². The van der Waals surface area contributed by atoms with Crippen LogP contribution in [0, 0.1) is 0 Å². The van der Waals surface area contributed by atoms with Crippen LogP contribution in [0.5, 0.6) is 0 Å². The first kappa shape index (κ1) is 11.4. The Morgan fingerprint density at radius 2 is 2.19 bits per heavy atom. The van der Waals surface area contributed by atoms with Gasteiger partial charge in [0, 0.05) is 6.04 Å². The Hall–Kier alpha value is -1.09. The van der Waals surface area contributed by atoms with Crippen LogP contribution in [0.4, 0.5) is 0 Å². The molecule has 0 atom stereocenters. The Morgan fingerprint density at radius 3 is 2.75 bits per heavy atom. The van der Waals surface area contributed by atoms with Gasteiger partial charge in [0.05, 0.1) is 6.54 Å². The minimum Gasteiger partial charge on any atom is -0.457 e. The molecule has 0 spiro atoms. The molecule has 0 amide bonds. The summed E-state index contributed by atoms with van der Waals surface area (Å²) in [5.41, 5.74) is 0. The SMILES string of the molecule is CCN(Cc1ccc(C=O)o1)C1CCCC1. The first-order valence-electron chi connectivity index (χ1n) is 6.11. The van der Waals surface area contributed by atoms with E-state index in [1.807, 2.05) is 6.07 Å². The first-order chi connectivity index (χ1) is 7.83. The number of nitrogens with zero attached hydrogens (tertiary/aromatic N) is 1. The Bertz CT molecular complexity index is 339. The van der Waals surface area contributed by atoms with Crippen molar-refractivity contribution in [1.82, 2.24) is 4.90 Å². The zero-order chi connectivity index (χ0) is 11.4. The molecule has 1 aliphatic carbocycles. The van der Waals surface area contributed by atoms with Crippen LogP contribution in [0.15, 0.2) is 16.5 Å². The van der Waals surface area contributed by atoms with Gasteiger partial charge in [-0.05, 0) is 31.5 Å². The summed E-state index contributed by atoms with van der Waals surface area (Å²) in [6.45, 7) is 4.05. The fraction of sp³-hybridized carbons (Fsp3) is 0.615. The molecule has 3 nitrogen and oxygen atoms in total. The Morgan fingerprint density at radius 1 is 1.44 bits per heavy atom. The molecule has 0 aromatic carbocycles. The molecule has 3 heteroatoms. The molecule has 0 saturated heterocycles. The van der Waals surface area contributed by atoms with Crippen LogP contribution >= 0.6 is 0 Å². The van der Waals surface area contributed by atoms with Crippen LogP contribution in [0.3, 0.4) is 0 Å². The lowest BCUT2D eigenvalue weighted by molar-refractivity contribution is 0.109. The van der Waals surface area contributed by atoms with Crippen LogP contribution in [0.1, 0.15) is 48.9 Å². The molecule has 1 fully saturated rings. The van der Waals surface area contributed by atoms with Gasteiger partial charge in [0.15, 0.2) is 12.0 Å². The smallest absolute Gasteiger partial charge is 0.185 e. The van der Waals surface area contributed by atoms with Crippen LogP contribution in [-0.4, -0.2) is 23.8 Å². The largest absolute Gasteiger partial charge is 0.457 e. The van der Waals surface area contributed by atoms with Gasteiger partial charge >= 0.3 is 0 Å².